The summed E-state index contributed by atoms with van der Waals surface area (Å²) >= 11 is 2.60. The molecule has 2 aromatic heterocycles. The molecule has 0 aliphatic rings. The quantitative estimate of drug-likeness (QED) is 0.729. The number of aromatic amines is 1. The van der Waals surface area contributed by atoms with Crippen molar-refractivity contribution in [1.82, 2.24) is 15.3 Å². The van der Waals surface area contributed by atoms with Gasteiger partial charge in [0.05, 0.1) is 16.2 Å². The van der Waals surface area contributed by atoms with Crippen LogP contribution in [0.3, 0.4) is 0 Å². The zero-order chi connectivity index (χ0) is 13.0. The molecule has 0 aromatic carbocycles. The van der Waals surface area contributed by atoms with Crippen molar-refractivity contribution < 1.29 is 9.59 Å². The van der Waals surface area contributed by atoms with Crippen molar-refractivity contribution in [2.24, 2.45) is 0 Å². The highest BCUT2D eigenvalue weighted by Gasteiger charge is 2.11. The molecule has 0 bridgehead atoms. The highest BCUT2D eigenvalue weighted by atomic mass is 32.2. The predicted molar refractivity (Wildman–Crippen MR) is 70.5 cm³/mol. The van der Waals surface area contributed by atoms with Gasteiger partial charge in [-0.15, -0.1) is 11.8 Å². The van der Waals surface area contributed by atoms with Crippen molar-refractivity contribution in [3.8, 4) is 0 Å². The number of carbonyl (C=O) groups excluding carboxylic acids is 2. The topological polar surface area (TPSA) is 101 Å². The molecule has 0 saturated heterocycles. The Balaban J connectivity index is 1.80. The van der Waals surface area contributed by atoms with E-state index >= 15 is 0 Å². The predicted octanol–water partition coefficient (Wildman–Crippen LogP) is 1.10. The Labute approximate surface area is 111 Å². The van der Waals surface area contributed by atoms with Crippen LogP contribution >= 0.6 is 23.1 Å². The maximum atomic E-state index is 11.5. The number of nitrogens with one attached hydrogen (secondary N) is 2. The van der Waals surface area contributed by atoms with Gasteiger partial charge in [0.15, 0.2) is 5.13 Å². The molecule has 0 fully saturated rings. The number of imide groups is 1. The molecule has 0 aliphatic heterocycles. The van der Waals surface area contributed by atoms with Crippen molar-refractivity contribution in [1.29, 1.82) is 0 Å². The summed E-state index contributed by atoms with van der Waals surface area (Å²) in [6.07, 6.45) is 3.22. The van der Waals surface area contributed by atoms with E-state index in [9.17, 15) is 9.59 Å². The van der Waals surface area contributed by atoms with Gasteiger partial charge in [-0.05, 0) is 12.1 Å². The van der Waals surface area contributed by atoms with E-state index in [1.54, 1.807) is 24.5 Å². The highest BCUT2D eigenvalue weighted by molar-refractivity contribution is 8.01. The number of amides is 2. The second-order valence-electron chi connectivity index (χ2n) is 3.27. The Morgan fingerprint density at radius 2 is 2.39 bits per heavy atom. The van der Waals surface area contributed by atoms with Crippen LogP contribution in [-0.4, -0.2) is 27.5 Å². The van der Waals surface area contributed by atoms with Gasteiger partial charge in [-0.2, -0.15) is 0 Å². The molecule has 2 amide bonds. The molecule has 2 heterocycles. The van der Waals surface area contributed by atoms with Gasteiger partial charge in [-0.3, -0.25) is 14.9 Å². The van der Waals surface area contributed by atoms with Gasteiger partial charge in [0.2, 0.25) is 5.91 Å². The number of thiazole rings is 1. The Morgan fingerprint density at radius 1 is 1.56 bits per heavy atom. The number of hydrogen-bond acceptors (Lipinski definition) is 6. The lowest BCUT2D eigenvalue weighted by Gasteiger charge is -2.01. The van der Waals surface area contributed by atoms with Gasteiger partial charge < -0.3 is 10.7 Å². The molecule has 18 heavy (non-hydrogen) atoms. The number of H-pyrrole nitrogens is 1. The molecule has 0 atom stereocenters. The Morgan fingerprint density at radius 3 is 3.00 bits per heavy atom. The third kappa shape index (κ3) is 3.34. The number of thioether (sulfide) groups is 1. The van der Waals surface area contributed by atoms with Crippen LogP contribution in [0, 0.1) is 0 Å². The van der Waals surface area contributed by atoms with Gasteiger partial charge in [0.25, 0.3) is 5.91 Å². The van der Waals surface area contributed by atoms with E-state index in [0.717, 1.165) is 4.21 Å². The fraction of sp³-hybridized carbons (Fsp3) is 0.100. The first-order chi connectivity index (χ1) is 8.65. The lowest BCUT2D eigenvalue weighted by molar-refractivity contribution is -0.117. The summed E-state index contributed by atoms with van der Waals surface area (Å²) < 4.78 is 0.843. The number of aromatic nitrogens is 2. The molecule has 8 heteroatoms. The average molecular weight is 282 g/mol. The van der Waals surface area contributed by atoms with Gasteiger partial charge in [-0.25, -0.2) is 4.98 Å². The van der Waals surface area contributed by atoms with Crippen molar-refractivity contribution >= 4 is 40.0 Å². The van der Waals surface area contributed by atoms with Crippen LogP contribution in [-0.2, 0) is 4.79 Å². The summed E-state index contributed by atoms with van der Waals surface area (Å²) in [4.78, 5) is 29.6. The molecule has 4 N–H and O–H groups in total. The van der Waals surface area contributed by atoms with E-state index in [-0.39, 0.29) is 11.7 Å². The van der Waals surface area contributed by atoms with E-state index in [2.05, 4.69) is 15.3 Å². The minimum absolute atomic E-state index is 0.147. The molecule has 2 rings (SSSR count). The van der Waals surface area contributed by atoms with Gasteiger partial charge in [-0.1, -0.05) is 11.3 Å². The smallest absolute Gasteiger partial charge is 0.274 e. The molecular formula is C10H10N4O2S2. The van der Waals surface area contributed by atoms with E-state index in [4.69, 9.17) is 5.73 Å². The van der Waals surface area contributed by atoms with Crippen LogP contribution in [0.15, 0.2) is 28.7 Å². The first-order valence-electron chi connectivity index (χ1n) is 4.97. The zero-order valence-electron chi connectivity index (χ0n) is 9.17. The van der Waals surface area contributed by atoms with Gasteiger partial charge in [0.1, 0.15) is 5.69 Å². The van der Waals surface area contributed by atoms with Gasteiger partial charge >= 0.3 is 0 Å². The summed E-state index contributed by atoms with van der Waals surface area (Å²) in [5, 5.41) is 2.74. The van der Waals surface area contributed by atoms with Crippen LogP contribution < -0.4 is 11.1 Å². The van der Waals surface area contributed by atoms with Crippen LogP contribution in [0.1, 0.15) is 10.5 Å². The van der Waals surface area contributed by atoms with Crippen LogP contribution in [0.25, 0.3) is 0 Å². The number of nitrogens with zero attached hydrogens (tertiary/aromatic N) is 1. The monoisotopic (exact) mass is 282 g/mol. The van der Waals surface area contributed by atoms with Gasteiger partial charge in [0, 0.05) is 6.20 Å². The fourth-order valence-corrected chi connectivity index (χ4v) is 2.74. The number of anilines is 1. The molecule has 0 radical (unpaired) electrons. The summed E-state index contributed by atoms with van der Waals surface area (Å²) in [6.45, 7) is 0. The lowest BCUT2D eigenvalue weighted by atomic mass is 10.4. The Bertz CT molecular complexity index is 550. The zero-order valence-corrected chi connectivity index (χ0v) is 10.8. The summed E-state index contributed by atoms with van der Waals surface area (Å²) in [5.41, 5.74) is 5.82. The second-order valence-corrected chi connectivity index (χ2v) is 5.61. The Hall–Kier alpha value is -1.80. The van der Waals surface area contributed by atoms with Crippen molar-refractivity contribution in [2.45, 2.75) is 4.21 Å². The van der Waals surface area contributed by atoms with Crippen molar-refractivity contribution in [3.63, 3.8) is 0 Å². The van der Waals surface area contributed by atoms with Crippen LogP contribution in [0.2, 0.25) is 0 Å². The maximum Gasteiger partial charge on any atom is 0.274 e. The number of carbonyl (C=O) groups is 2. The third-order valence-corrected chi connectivity index (χ3v) is 3.96. The summed E-state index contributed by atoms with van der Waals surface area (Å²) in [6, 6.07) is 3.29. The minimum atomic E-state index is -0.436. The third-order valence-electron chi connectivity index (χ3n) is 1.94. The van der Waals surface area contributed by atoms with E-state index < -0.39 is 5.91 Å². The van der Waals surface area contributed by atoms with Crippen LogP contribution in [0.4, 0.5) is 5.13 Å². The highest BCUT2D eigenvalue weighted by Crippen LogP contribution is 2.25. The molecule has 6 nitrogen and oxygen atoms in total. The molecule has 0 saturated carbocycles. The van der Waals surface area contributed by atoms with Crippen molar-refractivity contribution in [2.75, 3.05) is 11.5 Å². The largest absolute Gasteiger partial charge is 0.375 e. The van der Waals surface area contributed by atoms with E-state index in [1.165, 1.54) is 23.1 Å². The van der Waals surface area contributed by atoms with Crippen molar-refractivity contribution in [3.05, 3.63) is 30.2 Å². The lowest BCUT2D eigenvalue weighted by Crippen LogP contribution is -2.31. The number of nitrogen functional groups attached to an aromatic ring is 1. The minimum Gasteiger partial charge on any atom is -0.375 e. The second kappa shape index (κ2) is 5.69. The molecule has 0 aliphatic carbocycles. The molecular weight excluding hydrogens is 272 g/mol. The average Bonchev–Trinajstić information content (AvgIpc) is 2.97. The number of hydrogen-bond donors (Lipinski definition) is 3. The number of rotatable bonds is 4. The fourth-order valence-electron chi connectivity index (χ4n) is 1.18. The number of nitrogens with two attached hydrogens (primary N) is 1. The first kappa shape index (κ1) is 12.7. The molecule has 2 aromatic rings. The Kier molecular flexibility index (Phi) is 4.00. The molecule has 94 valence electrons. The normalized spacial score (nSPS) is 10.2. The summed E-state index contributed by atoms with van der Waals surface area (Å²) in [7, 11) is 0. The molecule has 0 spiro atoms. The first-order valence-corrected chi connectivity index (χ1v) is 6.77. The van der Waals surface area contributed by atoms with E-state index in [0.29, 0.717) is 10.8 Å². The maximum absolute atomic E-state index is 11.5. The standard InChI is InChI=1S/C10H10N4O2S2/c11-10-13-4-8(18-10)17-5-7(15)14-9(16)6-2-1-3-12-6/h1-4,12H,5H2,(H2,11,13)(H,14,15,16). The summed E-state index contributed by atoms with van der Waals surface area (Å²) in [5.74, 6) is -0.644. The molecule has 0 unspecified atom stereocenters. The van der Waals surface area contributed by atoms with E-state index in [1.807, 2.05) is 0 Å². The SMILES string of the molecule is Nc1ncc(SCC(=O)NC(=O)c2ccc[nH]2)s1. The van der Waals surface area contributed by atoms with Crippen LogP contribution in [0.5, 0.6) is 0 Å².